The molecule has 1 atom stereocenters. The number of nitrogens with zero attached hydrogens (tertiary/aromatic N) is 3. The molecule has 4 aromatic rings. The smallest absolute Gasteiger partial charge is 0.260 e. The quantitative estimate of drug-likeness (QED) is 0.440. The van der Waals surface area contributed by atoms with Crippen LogP contribution in [0.25, 0.3) is 22.8 Å². The Bertz CT molecular complexity index is 1380. The first kappa shape index (κ1) is 22.3. The Morgan fingerprint density at radius 3 is 2.57 bits per heavy atom. The number of methoxy groups -OCH3 is 1. The maximum absolute atomic E-state index is 13.1. The van der Waals surface area contributed by atoms with Gasteiger partial charge in [0.25, 0.3) is 5.89 Å². The van der Waals surface area contributed by atoms with Crippen molar-refractivity contribution in [1.29, 1.82) is 0 Å². The van der Waals surface area contributed by atoms with Crippen LogP contribution in [-0.2, 0) is 9.59 Å². The molecule has 1 aliphatic rings. The van der Waals surface area contributed by atoms with Gasteiger partial charge in [-0.05, 0) is 55.0 Å². The van der Waals surface area contributed by atoms with E-state index < -0.39 is 5.92 Å². The van der Waals surface area contributed by atoms with Crippen molar-refractivity contribution in [2.24, 2.45) is 5.92 Å². The van der Waals surface area contributed by atoms with Crippen LogP contribution in [0.1, 0.15) is 12.0 Å². The lowest BCUT2D eigenvalue weighted by Crippen LogP contribution is -2.28. The molecule has 8 nitrogen and oxygen atoms in total. The zero-order valence-electron chi connectivity index (χ0n) is 19.4. The van der Waals surface area contributed by atoms with Gasteiger partial charge in [0.1, 0.15) is 5.75 Å². The van der Waals surface area contributed by atoms with Gasteiger partial charge in [0, 0.05) is 24.2 Å². The van der Waals surface area contributed by atoms with E-state index in [2.05, 4.69) is 15.5 Å². The van der Waals surface area contributed by atoms with Gasteiger partial charge in [-0.25, -0.2) is 0 Å². The van der Waals surface area contributed by atoms with E-state index in [1.165, 1.54) is 0 Å². The third-order valence-electron chi connectivity index (χ3n) is 6.09. The van der Waals surface area contributed by atoms with Crippen molar-refractivity contribution in [3.05, 3.63) is 78.4 Å². The highest BCUT2D eigenvalue weighted by molar-refractivity contribution is 6.04. The summed E-state index contributed by atoms with van der Waals surface area (Å²) in [7, 11) is 1.61. The van der Waals surface area contributed by atoms with E-state index in [0.29, 0.717) is 23.6 Å². The van der Waals surface area contributed by atoms with Crippen LogP contribution in [0, 0.1) is 12.8 Å². The molecule has 176 valence electrons. The van der Waals surface area contributed by atoms with E-state index in [1.807, 2.05) is 67.6 Å². The SMILES string of the molecule is COc1ccc(-c2noc(-c3ccccc3NC(=O)C3CC(=O)N(c4ccccc4C)C3)n2)cc1. The lowest BCUT2D eigenvalue weighted by atomic mass is 10.1. The number of nitrogens with one attached hydrogen (secondary N) is 1. The molecular formula is C27H24N4O4. The summed E-state index contributed by atoms with van der Waals surface area (Å²) < 4.78 is 10.7. The molecule has 1 aromatic heterocycles. The molecule has 0 bridgehead atoms. The number of para-hydroxylation sites is 2. The first-order valence-corrected chi connectivity index (χ1v) is 11.3. The second-order valence-electron chi connectivity index (χ2n) is 8.38. The van der Waals surface area contributed by atoms with Crippen molar-refractivity contribution in [2.45, 2.75) is 13.3 Å². The van der Waals surface area contributed by atoms with Crippen LogP contribution >= 0.6 is 0 Å². The number of hydrogen-bond acceptors (Lipinski definition) is 6. The Morgan fingerprint density at radius 2 is 1.80 bits per heavy atom. The molecule has 1 unspecified atom stereocenters. The fourth-order valence-corrected chi connectivity index (χ4v) is 4.19. The number of carbonyl (C=O) groups excluding carboxylic acids is 2. The molecule has 2 heterocycles. The van der Waals surface area contributed by atoms with E-state index in [-0.39, 0.29) is 24.1 Å². The minimum Gasteiger partial charge on any atom is -0.497 e. The van der Waals surface area contributed by atoms with Gasteiger partial charge < -0.3 is 19.5 Å². The molecule has 1 fully saturated rings. The first-order chi connectivity index (χ1) is 17.0. The van der Waals surface area contributed by atoms with Gasteiger partial charge in [0.15, 0.2) is 0 Å². The van der Waals surface area contributed by atoms with Crippen molar-refractivity contribution in [2.75, 3.05) is 23.9 Å². The summed E-state index contributed by atoms with van der Waals surface area (Å²) in [5.41, 5.74) is 3.77. The number of carbonyl (C=O) groups is 2. The van der Waals surface area contributed by atoms with Crippen LogP contribution in [-0.4, -0.2) is 35.6 Å². The highest BCUT2D eigenvalue weighted by Crippen LogP contribution is 2.32. The maximum atomic E-state index is 13.1. The molecule has 35 heavy (non-hydrogen) atoms. The van der Waals surface area contributed by atoms with Gasteiger partial charge in [0.05, 0.1) is 24.3 Å². The van der Waals surface area contributed by atoms with Gasteiger partial charge >= 0.3 is 0 Å². The molecule has 2 amide bonds. The minimum absolute atomic E-state index is 0.0613. The van der Waals surface area contributed by atoms with Crippen LogP contribution in [0.15, 0.2) is 77.3 Å². The van der Waals surface area contributed by atoms with E-state index in [4.69, 9.17) is 9.26 Å². The van der Waals surface area contributed by atoms with Gasteiger partial charge in [0.2, 0.25) is 17.6 Å². The number of benzene rings is 3. The normalized spacial score (nSPS) is 15.3. The van der Waals surface area contributed by atoms with Gasteiger partial charge in [-0.3, -0.25) is 9.59 Å². The average molecular weight is 469 g/mol. The fraction of sp³-hybridized carbons (Fsp3) is 0.185. The van der Waals surface area contributed by atoms with Crippen LogP contribution in [0.2, 0.25) is 0 Å². The fourth-order valence-electron chi connectivity index (χ4n) is 4.19. The molecular weight excluding hydrogens is 444 g/mol. The largest absolute Gasteiger partial charge is 0.497 e. The number of amides is 2. The average Bonchev–Trinajstić information content (AvgIpc) is 3.52. The number of aryl methyl sites for hydroxylation is 1. The molecule has 0 aliphatic carbocycles. The van der Waals surface area contributed by atoms with E-state index in [1.54, 1.807) is 24.1 Å². The zero-order chi connectivity index (χ0) is 24.4. The summed E-state index contributed by atoms with van der Waals surface area (Å²) in [5, 5.41) is 7.05. The number of hydrogen-bond donors (Lipinski definition) is 1. The Labute approximate surface area is 202 Å². The molecule has 0 radical (unpaired) electrons. The molecule has 8 heteroatoms. The summed E-state index contributed by atoms with van der Waals surface area (Å²) in [6.07, 6.45) is 0.157. The number of ether oxygens (including phenoxy) is 1. The Morgan fingerprint density at radius 1 is 1.06 bits per heavy atom. The van der Waals surface area contributed by atoms with Crippen molar-refractivity contribution in [3.8, 4) is 28.6 Å². The molecule has 1 saturated heterocycles. The van der Waals surface area contributed by atoms with Crippen LogP contribution in [0.3, 0.4) is 0 Å². The number of rotatable bonds is 6. The van der Waals surface area contributed by atoms with Crippen molar-refractivity contribution in [3.63, 3.8) is 0 Å². The topological polar surface area (TPSA) is 97.6 Å². The highest BCUT2D eigenvalue weighted by atomic mass is 16.5. The Kier molecular flexibility index (Phi) is 6.01. The van der Waals surface area contributed by atoms with E-state index in [0.717, 1.165) is 22.6 Å². The zero-order valence-corrected chi connectivity index (χ0v) is 19.4. The Balaban J connectivity index is 1.34. The summed E-state index contributed by atoms with van der Waals surface area (Å²) in [5.74, 6) is 0.699. The monoisotopic (exact) mass is 468 g/mol. The Hall–Kier alpha value is -4.46. The standard InChI is InChI=1S/C27H24N4O4/c1-17-7-3-6-10-23(17)31-16-19(15-24(31)32)26(33)28-22-9-5-4-8-21(22)27-29-25(30-35-27)18-11-13-20(34-2)14-12-18/h3-14,19H,15-16H2,1-2H3,(H,28,33). The van der Waals surface area contributed by atoms with Crippen molar-refractivity contribution in [1.82, 2.24) is 10.1 Å². The van der Waals surface area contributed by atoms with E-state index in [9.17, 15) is 9.59 Å². The number of aromatic nitrogens is 2. The minimum atomic E-state index is -0.465. The molecule has 0 saturated carbocycles. The van der Waals surface area contributed by atoms with Gasteiger partial charge in [-0.1, -0.05) is 35.5 Å². The predicted molar refractivity (Wildman–Crippen MR) is 132 cm³/mol. The second kappa shape index (κ2) is 9.42. The van der Waals surface area contributed by atoms with Gasteiger partial charge in [-0.15, -0.1) is 0 Å². The third kappa shape index (κ3) is 4.50. The molecule has 1 aliphatic heterocycles. The second-order valence-corrected chi connectivity index (χ2v) is 8.38. The molecule has 1 N–H and O–H groups in total. The van der Waals surface area contributed by atoms with Crippen LogP contribution in [0.5, 0.6) is 5.75 Å². The van der Waals surface area contributed by atoms with Crippen molar-refractivity contribution < 1.29 is 18.8 Å². The molecule has 3 aromatic carbocycles. The summed E-state index contributed by atoms with van der Waals surface area (Å²) in [4.78, 5) is 32.0. The summed E-state index contributed by atoms with van der Waals surface area (Å²) in [6.45, 7) is 2.29. The highest BCUT2D eigenvalue weighted by Gasteiger charge is 2.36. The van der Waals surface area contributed by atoms with Crippen LogP contribution < -0.4 is 15.0 Å². The first-order valence-electron chi connectivity index (χ1n) is 11.3. The lowest BCUT2D eigenvalue weighted by Gasteiger charge is -2.19. The third-order valence-corrected chi connectivity index (χ3v) is 6.09. The van der Waals surface area contributed by atoms with Crippen molar-refractivity contribution >= 4 is 23.2 Å². The summed E-state index contributed by atoms with van der Waals surface area (Å²) in [6, 6.07) is 22.3. The molecule has 5 rings (SSSR count). The predicted octanol–water partition coefficient (Wildman–Crippen LogP) is 4.71. The summed E-state index contributed by atoms with van der Waals surface area (Å²) >= 11 is 0. The number of anilines is 2. The molecule has 0 spiro atoms. The van der Waals surface area contributed by atoms with Crippen LogP contribution in [0.4, 0.5) is 11.4 Å². The van der Waals surface area contributed by atoms with E-state index >= 15 is 0 Å². The maximum Gasteiger partial charge on any atom is 0.260 e. The lowest BCUT2D eigenvalue weighted by molar-refractivity contribution is -0.122. The van der Waals surface area contributed by atoms with Gasteiger partial charge in [-0.2, -0.15) is 4.98 Å².